The average Bonchev–Trinajstić information content (AvgIpc) is 2.87. The Morgan fingerprint density at radius 1 is 1.39 bits per heavy atom. The number of nitrogens with one attached hydrogen (secondary N) is 1. The van der Waals surface area contributed by atoms with Crippen LogP contribution in [0.4, 0.5) is 5.69 Å². The summed E-state index contributed by atoms with van der Waals surface area (Å²) in [7, 11) is -3.62. The number of nitrogens with zero attached hydrogens (tertiary/aromatic N) is 1. The average molecular weight is 338 g/mol. The lowest BCUT2D eigenvalue weighted by Crippen LogP contribution is -2.36. The lowest BCUT2D eigenvalue weighted by atomic mass is 9.96. The second-order valence-electron chi connectivity index (χ2n) is 6.01. The van der Waals surface area contributed by atoms with Gasteiger partial charge in [-0.05, 0) is 24.0 Å². The van der Waals surface area contributed by atoms with Crippen LogP contribution >= 0.6 is 0 Å². The first kappa shape index (κ1) is 17.5. The van der Waals surface area contributed by atoms with Gasteiger partial charge in [0.1, 0.15) is 0 Å². The molecule has 7 heteroatoms. The second kappa shape index (κ2) is 6.70. The molecule has 1 N–H and O–H groups in total. The summed E-state index contributed by atoms with van der Waals surface area (Å²) in [4.78, 5) is 25.9. The maximum atomic E-state index is 12.3. The third-order valence-corrected chi connectivity index (χ3v) is 4.72. The Kier molecular flexibility index (Phi) is 5.09. The van der Waals surface area contributed by atoms with Crippen LogP contribution in [0.1, 0.15) is 38.2 Å². The molecule has 1 aromatic rings. The third-order valence-electron chi connectivity index (χ3n) is 4.15. The van der Waals surface area contributed by atoms with Crippen molar-refractivity contribution in [2.24, 2.45) is 5.92 Å². The lowest BCUT2D eigenvalue weighted by molar-refractivity contribution is -0.124. The van der Waals surface area contributed by atoms with E-state index in [2.05, 4.69) is 13.8 Å². The highest BCUT2D eigenvalue weighted by Gasteiger charge is 2.37. The summed E-state index contributed by atoms with van der Waals surface area (Å²) in [6.07, 6.45) is 1.89. The molecule has 1 aliphatic heterocycles. The van der Waals surface area contributed by atoms with Crippen molar-refractivity contribution < 1.29 is 18.0 Å². The largest absolute Gasteiger partial charge is 0.311 e. The van der Waals surface area contributed by atoms with Gasteiger partial charge < -0.3 is 4.90 Å². The number of benzene rings is 1. The van der Waals surface area contributed by atoms with Gasteiger partial charge in [-0.15, -0.1) is 0 Å². The monoisotopic (exact) mass is 338 g/mol. The summed E-state index contributed by atoms with van der Waals surface area (Å²) in [6, 6.07) is 7.65. The standard InChI is InChI=1S/C16H22N2O4S/c1-4-11(2)13-7-5-6-8-14(13)18-10-12(9-15(18)19)16(20)17-23(3,21)22/h5-8,11-12H,4,9-10H2,1-3H3,(H,17,20)/t11-,12-/m1/s1. The van der Waals surface area contributed by atoms with Crippen LogP contribution < -0.4 is 9.62 Å². The fourth-order valence-electron chi connectivity index (χ4n) is 2.75. The molecule has 126 valence electrons. The number of rotatable bonds is 5. The number of hydrogen-bond donors (Lipinski definition) is 1. The van der Waals surface area contributed by atoms with Gasteiger partial charge in [-0.1, -0.05) is 32.0 Å². The van der Waals surface area contributed by atoms with Crippen molar-refractivity contribution >= 4 is 27.5 Å². The van der Waals surface area contributed by atoms with Crippen molar-refractivity contribution in [3.05, 3.63) is 29.8 Å². The summed E-state index contributed by atoms with van der Waals surface area (Å²) in [5.74, 6) is -1.14. The van der Waals surface area contributed by atoms with Crippen LogP contribution in [-0.2, 0) is 19.6 Å². The van der Waals surface area contributed by atoms with Gasteiger partial charge in [0, 0.05) is 18.7 Å². The van der Waals surface area contributed by atoms with Crippen molar-refractivity contribution in [1.29, 1.82) is 0 Å². The fourth-order valence-corrected chi connectivity index (χ4v) is 3.28. The molecule has 6 nitrogen and oxygen atoms in total. The molecule has 2 atom stereocenters. The van der Waals surface area contributed by atoms with Crippen LogP contribution in [-0.4, -0.2) is 33.0 Å². The molecule has 1 aliphatic rings. The summed E-state index contributed by atoms with van der Waals surface area (Å²) in [6.45, 7) is 4.37. The summed E-state index contributed by atoms with van der Waals surface area (Å²) < 4.78 is 24.3. The molecule has 0 aliphatic carbocycles. The van der Waals surface area contributed by atoms with Crippen LogP contribution in [0.5, 0.6) is 0 Å². The summed E-state index contributed by atoms with van der Waals surface area (Å²) in [5.41, 5.74) is 1.87. The van der Waals surface area contributed by atoms with Crippen molar-refractivity contribution in [3.63, 3.8) is 0 Å². The van der Waals surface area contributed by atoms with Crippen molar-refractivity contribution in [2.75, 3.05) is 17.7 Å². The van der Waals surface area contributed by atoms with E-state index in [4.69, 9.17) is 0 Å². The fraction of sp³-hybridized carbons (Fsp3) is 0.500. The smallest absolute Gasteiger partial charge is 0.238 e. The van der Waals surface area contributed by atoms with E-state index in [0.717, 1.165) is 23.9 Å². The van der Waals surface area contributed by atoms with Gasteiger partial charge in [0.15, 0.2) is 0 Å². The number of carbonyl (C=O) groups excluding carboxylic acids is 2. The molecule has 0 radical (unpaired) electrons. The zero-order valence-electron chi connectivity index (χ0n) is 13.6. The number of carbonyl (C=O) groups is 2. The zero-order chi connectivity index (χ0) is 17.2. The van der Waals surface area contributed by atoms with Crippen LogP contribution in [0, 0.1) is 5.92 Å². The van der Waals surface area contributed by atoms with E-state index in [0.29, 0.717) is 5.92 Å². The SMILES string of the molecule is CC[C@@H](C)c1ccccc1N1C[C@H](C(=O)NS(C)(=O)=O)CC1=O. The van der Waals surface area contributed by atoms with Gasteiger partial charge in [0.2, 0.25) is 21.8 Å². The molecule has 23 heavy (non-hydrogen) atoms. The number of para-hydroxylation sites is 1. The molecule has 1 fully saturated rings. The van der Waals surface area contributed by atoms with Crippen LogP contribution in [0.3, 0.4) is 0 Å². The van der Waals surface area contributed by atoms with E-state index in [1.807, 2.05) is 29.0 Å². The minimum atomic E-state index is -3.62. The van der Waals surface area contributed by atoms with Crippen LogP contribution in [0.2, 0.25) is 0 Å². The van der Waals surface area contributed by atoms with E-state index >= 15 is 0 Å². The van der Waals surface area contributed by atoms with Crippen molar-refractivity contribution in [1.82, 2.24) is 4.72 Å². The van der Waals surface area contributed by atoms with E-state index in [1.165, 1.54) is 0 Å². The van der Waals surface area contributed by atoms with Crippen LogP contribution in [0.25, 0.3) is 0 Å². The van der Waals surface area contributed by atoms with Crippen molar-refractivity contribution in [3.8, 4) is 0 Å². The number of sulfonamides is 1. The number of amides is 2. The maximum absolute atomic E-state index is 12.3. The van der Waals surface area contributed by atoms with Gasteiger partial charge in [0.05, 0.1) is 12.2 Å². The van der Waals surface area contributed by atoms with Crippen LogP contribution in [0.15, 0.2) is 24.3 Å². The van der Waals surface area contributed by atoms with E-state index < -0.39 is 21.8 Å². The highest BCUT2D eigenvalue weighted by molar-refractivity contribution is 7.89. The first-order chi connectivity index (χ1) is 10.7. The molecule has 1 aromatic carbocycles. The molecule has 0 saturated carbocycles. The molecular formula is C16H22N2O4S. The quantitative estimate of drug-likeness (QED) is 0.884. The molecule has 1 heterocycles. The number of hydrogen-bond acceptors (Lipinski definition) is 4. The zero-order valence-corrected chi connectivity index (χ0v) is 14.4. The minimum absolute atomic E-state index is 0.0240. The van der Waals surface area contributed by atoms with E-state index in [-0.39, 0.29) is 18.9 Å². The Balaban J connectivity index is 2.23. The van der Waals surface area contributed by atoms with Crippen molar-refractivity contribution in [2.45, 2.75) is 32.6 Å². The predicted octanol–water partition coefficient (Wildman–Crippen LogP) is 1.63. The Morgan fingerprint density at radius 2 is 2.04 bits per heavy atom. The van der Waals surface area contributed by atoms with E-state index in [9.17, 15) is 18.0 Å². The maximum Gasteiger partial charge on any atom is 0.238 e. The minimum Gasteiger partial charge on any atom is -0.311 e. The first-order valence-electron chi connectivity index (χ1n) is 7.63. The van der Waals surface area contributed by atoms with E-state index in [1.54, 1.807) is 4.90 Å². The Hall–Kier alpha value is -1.89. The predicted molar refractivity (Wildman–Crippen MR) is 88.6 cm³/mol. The molecule has 1 saturated heterocycles. The summed E-state index contributed by atoms with van der Waals surface area (Å²) >= 11 is 0. The molecule has 2 rings (SSSR count). The molecule has 0 spiro atoms. The Bertz CT molecular complexity index is 715. The molecule has 2 amide bonds. The molecule has 0 aromatic heterocycles. The van der Waals surface area contributed by atoms with Gasteiger partial charge in [-0.25, -0.2) is 8.42 Å². The Morgan fingerprint density at radius 3 is 2.65 bits per heavy atom. The topological polar surface area (TPSA) is 83.6 Å². The molecule has 0 unspecified atom stereocenters. The van der Waals surface area contributed by atoms with Gasteiger partial charge in [0.25, 0.3) is 0 Å². The summed E-state index contributed by atoms with van der Waals surface area (Å²) in [5, 5.41) is 0. The first-order valence-corrected chi connectivity index (χ1v) is 9.53. The molecule has 0 bridgehead atoms. The Labute approximate surface area is 136 Å². The van der Waals surface area contributed by atoms with Gasteiger partial charge in [-0.3, -0.25) is 14.3 Å². The lowest BCUT2D eigenvalue weighted by Gasteiger charge is -2.23. The third kappa shape index (κ3) is 4.10. The van der Waals surface area contributed by atoms with Gasteiger partial charge >= 0.3 is 0 Å². The highest BCUT2D eigenvalue weighted by Crippen LogP contribution is 2.33. The highest BCUT2D eigenvalue weighted by atomic mass is 32.2. The second-order valence-corrected chi connectivity index (χ2v) is 7.76. The molecular weight excluding hydrogens is 316 g/mol. The van der Waals surface area contributed by atoms with Gasteiger partial charge in [-0.2, -0.15) is 0 Å². The normalized spacial score (nSPS) is 19.7. The number of anilines is 1.